The van der Waals surface area contributed by atoms with Gasteiger partial charge in [-0.05, 0) is 73.0 Å². The van der Waals surface area contributed by atoms with E-state index in [2.05, 4.69) is 15.8 Å². The molecule has 0 aliphatic heterocycles. The molecule has 4 rings (SSSR count). The lowest BCUT2D eigenvalue weighted by molar-refractivity contribution is -0.123. The molecule has 0 aromatic heterocycles. The maximum atomic E-state index is 13.6. The normalized spacial score (nSPS) is 11.1. The molecule has 44 heavy (non-hydrogen) atoms. The summed E-state index contributed by atoms with van der Waals surface area (Å²) in [6, 6.07) is 29.6. The second-order valence-corrected chi connectivity index (χ2v) is 11.6. The fraction of sp³-hybridized carbons (Fsp3) is 0.182. The first-order valence-electron chi connectivity index (χ1n) is 13.8. The van der Waals surface area contributed by atoms with E-state index >= 15 is 0 Å². The van der Waals surface area contributed by atoms with Crippen molar-refractivity contribution in [3.63, 3.8) is 0 Å². The standard InChI is InChI=1S/C33H34N4O6S/c1-25-12-18-29(19-13-25)44(40,41)37(30-10-6-7-11-31(30)42-2)23-32(38)36-35-22-27-14-16-28(17-15-27)43-24-33(39)34-21-20-26-8-4-3-5-9-26/h3-19,22H,20-21,23-24H2,1-2H3,(H,34,39)(H,36,38)/b35-22+. The van der Waals surface area contributed by atoms with Crippen LogP contribution in [0.1, 0.15) is 16.7 Å². The van der Waals surface area contributed by atoms with Crippen LogP contribution in [0.15, 0.2) is 113 Å². The summed E-state index contributed by atoms with van der Waals surface area (Å²) in [5, 5.41) is 6.81. The summed E-state index contributed by atoms with van der Waals surface area (Å²) < 4.78 is 39.1. The minimum atomic E-state index is -4.11. The van der Waals surface area contributed by atoms with Gasteiger partial charge in [0.05, 0.1) is 23.9 Å². The minimum Gasteiger partial charge on any atom is -0.495 e. The second kappa shape index (κ2) is 15.4. The maximum Gasteiger partial charge on any atom is 0.264 e. The highest BCUT2D eigenvalue weighted by Gasteiger charge is 2.29. The molecule has 0 bridgehead atoms. The number of sulfonamides is 1. The fourth-order valence-electron chi connectivity index (χ4n) is 4.16. The van der Waals surface area contributed by atoms with Gasteiger partial charge in [0.2, 0.25) is 0 Å². The van der Waals surface area contributed by atoms with Crippen LogP contribution in [0.5, 0.6) is 11.5 Å². The highest BCUT2D eigenvalue weighted by molar-refractivity contribution is 7.92. The predicted octanol–water partition coefficient (Wildman–Crippen LogP) is 4.09. The summed E-state index contributed by atoms with van der Waals surface area (Å²) in [5.74, 6) is -0.0773. The molecule has 4 aromatic carbocycles. The van der Waals surface area contributed by atoms with E-state index in [1.807, 2.05) is 37.3 Å². The number of rotatable bonds is 14. The first kappa shape index (κ1) is 31.8. The van der Waals surface area contributed by atoms with Gasteiger partial charge in [0, 0.05) is 6.54 Å². The van der Waals surface area contributed by atoms with Gasteiger partial charge in [0.15, 0.2) is 6.61 Å². The van der Waals surface area contributed by atoms with Crippen LogP contribution < -0.4 is 24.5 Å². The molecule has 228 valence electrons. The molecule has 0 aliphatic carbocycles. The van der Waals surface area contributed by atoms with E-state index in [1.165, 1.54) is 25.5 Å². The van der Waals surface area contributed by atoms with Gasteiger partial charge in [-0.1, -0.05) is 60.2 Å². The Hall–Kier alpha value is -5.16. The number of benzene rings is 4. The van der Waals surface area contributed by atoms with Crippen molar-refractivity contribution < 1.29 is 27.5 Å². The number of nitrogens with zero attached hydrogens (tertiary/aromatic N) is 2. The first-order valence-corrected chi connectivity index (χ1v) is 15.3. The van der Waals surface area contributed by atoms with E-state index in [0.717, 1.165) is 21.9 Å². The van der Waals surface area contributed by atoms with Crippen LogP contribution in [0, 0.1) is 6.92 Å². The topological polar surface area (TPSA) is 126 Å². The predicted molar refractivity (Wildman–Crippen MR) is 170 cm³/mol. The Morgan fingerprint density at radius 3 is 2.25 bits per heavy atom. The van der Waals surface area contributed by atoms with E-state index in [-0.39, 0.29) is 23.1 Å². The summed E-state index contributed by atoms with van der Waals surface area (Å²) in [7, 11) is -2.68. The van der Waals surface area contributed by atoms with Crippen molar-refractivity contribution in [3.8, 4) is 11.5 Å². The Bertz CT molecular complexity index is 1680. The Morgan fingerprint density at radius 2 is 1.55 bits per heavy atom. The van der Waals surface area contributed by atoms with Crippen LogP contribution in [0.25, 0.3) is 0 Å². The zero-order valence-electron chi connectivity index (χ0n) is 24.5. The molecule has 0 heterocycles. The number of para-hydroxylation sites is 2. The number of nitrogens with one attached hydrogen (secondary N) is 2. The summed E-state index contributed by atoms with van der Waals surface area (Å²) in [4.78, 5) is 25.0. The maximum absolute atomic E-state index is 13.6. The first-order chi connectivity index (χ1) is 21.3. The van der Waals surface area contributed by atoms with Crippen molar-refractivity contribution >= 4 is 33.7 Å². The summed E-state index contributed by atoms with van der Waals surface area (Å²) >= 11 is 0. The number of amides is 2. The molecule has 0 aliphatic rings. The van der Waals surface area contributed by atoms with Crippen LogP contribution in [-0.4, -0.2) is 53.3 Å². The number of aryl methyl sites for hydroxylation is 1. The lowest BCUT2D eigenvalue weighted by Gasteiger charge is -2.25. The molecular formula is C33H34N4O6S. The Balaban J connectivity index is 1.32. The number of carbonyl (C=O) groups excluding carboxylic acids is 2. The molecule has 0 radical (unpaired) electrons. The zero-order valence-corrected chi connectivity index (χ0v) is 25.3. The molecule has 2 amide bonds. The summed E-state index contributed by atoms with van der Waals surface area (Å²) in [6.45, 7) is 1.72. The van der Waals surface area contributed by atoms with Crippen molar-refractivity contribution in [2.45, 2.75) is 18.2 Å². The van der Waals surface area contributed by atoms with Crippen molar-refractivity contribution in [1.82, 2.24) is 10.7 Å². The molecular weight excluding hydrogens is 580 g/mol. The number of carbonyl (C=O) groups is 2. The largest absolute Gasteiger partial charge is 0.495 e. The smallest absolute Gasteiger partial charge is 0.264 e. The SMILES string of the molecule is COc1ccccc1N(CC(=O)N/N=C/c1ccc(OCC(=O)NCCc2ccccc2)cc1)S(=O)(=O)c1ccc(C)cc1. The lowest BCUT2D eigenvalue weighted by Crippen LogP contribution is -2.39. The summed E-state index contributed by atoms with van der Waals surface area (Å²) in [6.07, 6.45) is 2.15. The van der Waals surface area contributed by atoms with Crippen LogP contribution >= 0.6 is 0 Å². The number of ether oxygens (including phenoxy) is 2. The number of hydrogen-bond acceptors (Lipinski definition) is 7. The third-order valence-electron chi connectivity index (χ3n) is 6.48. The molecule has 0 saturated heterocycles. The monoisotopic (exact) mass is 614 g/mol. The van der Waals surface area contributed by atoms with E-state index < -0.39 is 22.5 Å². The fourth-order valence-corrected chi connectivity index (χ4v) is 5.59. The average molecular weight is 615 g/mol. The van der Waals surface area contributed by atoms with E-state index in [9.17, 15) is 18.0 Å². The van der Waals surface area contributed by atoms with E-state index in [1.54, 1.807) is 60.7 Å². The molecule has 10 nitrogen and oxygen atoms in total. The summed E-state index contributed by atoms with van der Waals surface area (Å²) in [5.41, 5.74) is 5.30. The number of methoxy groups -OCH3 is 1. The van der Waals surface area contributed by atoms with Crippen molar-refractivity contribution in [1.29, 1.82) is 0 Å². The second-order valence-electron chi connectivity index (χ2n) is 9.73. The molecule has 0 unspecified atom stereocenters. The lowest BCUT2D eigenvalue weighted by atomic mass is 10.1. The molecule has 4 aromatic rings. The molecule has 0 fully saturated rings. The molecule has 0 spiro atoms. The Morgan fingerprint density at radius 1 is 0.864 bits per heavy atom. The van der Waals surface area contributed by atoms with Gasteiger partial charge in [-0.2, -0.15) is 5.10 Å². The molecule has 0 saturated carbocycles. The van der Waals surface area contributed by atoms with E-state index in [0.29, 0.717) is 23.6 Å². The Labute approximate surface area is 257 Å². The third-order valence-corrected chi connectivity index (χ3v) is 8.26. The number of hydrogen-bond donors (Lipinski definition) is 2. The van der Waals surface area contributed by atoms with Gasteiger partial charge in [0.25, 0.3) is 21.8 Å². The van der Waals surface area contributed by atoms with E-state index in [4.69, 9.17) is 9.47 Å². The van der Waals surface area contributed by atoms with Crippen LogP contribution in [0.4, 0.5) is 5.69 Å². The van der Waals surface area contributed by atoms with Gasteiger partial charge >= 0.3 is 0 Å². The molecule has 11 heteroatoms. The van der Waals surface area contributed by atoms with Crippen molar-refractivity contribution in [2.24, 2.45) is 5.10 Å². The average Bonchev–Trinajstić information content (AvgIpc) is 3.04. The highest BCUT2D eigenvalue weighted by atomic mass is 32.2. The van der Waals surface area contributed by atoms with Crippen LogP contribution in [0.2, 0.25) is 0 Å². The molecule has 0 atom stereocenters. The minimum absolute atomic E-state index is 0.0391. The van der Waals surface area contributed by atoms with Gasteiger partial charge in [-0.15, -0.1) is 0 Å². The molecule has 2 N–H and O–H groups in total. The van der Waals surface area contributed by atoms with Gasteiger partial charge in [0.1, 0.15) is 18.0 Å². The highest BCUT2D eigenvalue weighted by Crippen LogP contribution is 2.32. The quantitative estimate of drug-likeness (QED) is 0.163. The van der Waals surface area contributed by atoms with Crippen molar-refractivity contribution in [2.75, 3.05) is 31.1 Å². The number of hydrazone groups is 1. The Kier molecular flexibility index (Phi) is 11.1. The van der Waals surface area contributed by atoms with Crippen LogP contribution in [0.3, 0.4) is 0 Å². The van der Waals surface area contributed by atoms with Crippen LogP contribution in [-0.2, 0) is 26.0 Å². The third kappa shape index (κ3) is 8.92. The van der Waals surface area contributed by atoms with Gasteiger partial charge in [-0.3, -0.25) is 13.9 Å². The number of anilines is 1. The zero-order chi connectivity index (χ0) is 31.4. The van der Waals surface area contributed by atoms with Gasteiger partial charge in [-0.25, -0.2) is 13.8 Å². The van der Waals surface area contributed by atoms with Crippen molar-refractivity contribution in [3.05, 3.63) is 120 Å². The van der Waals surface area contributed by atoms with Gasteiger partial charge < -0.3 is 14.8 Å².